The molecular formula is C27H44N4O2. The second-order valence-electron chi connectivity index (χ2n) is 10.8. The van der Waals surface area contributed by atoms with E-state index >= 15 is 0 Å². The van der Waals surface area contributed by atoms with Gasteiger partial charge in [-0.05, 0) is 62.5 Å². The Labute approximate surface area is 200 Å². The minimum absolute atomic E-state index is 0.00223. The van der Waals surface area contributed by atoms with E-state index in [1.165, 1.54) is 24.0 Å². The predicted octanol–water partition coefficient (Wildman–Crippen LogP) is 3.32. The molecule has 2 aliphatic rings. The molecule has 1 aromatic rings. The summed E-state index contributed by atoms with van der Waals surface area (Å²) in [7, 11) is 0. The third-order valence-electron chi connectivity index (χ3n) is 7.40. The summed E-state index contributed by atoms with van der Waals surface area (Å²) < 4.78 is 0. The highest BCUT2D eigenvalue weighted by Crippen LogP contribution is 2.29. The lowest BCUT2D eigenvalue weighted by Crippen LogP contribution is -2.46. The number of hydrogen-bond donors (Lipinski definition) is 2. The van der Waals surface area contributed by atoms with E-state index in [-0.39, 0.29) is 23.9 Å². The van der Waals surface area contributed by atoms with Crippen molar-refractivity contribution >= 4 is 11.8 Å². The average molecular weight is 457 g/mol. The summed E-state index contributed by atoms with van der Waals surface area (Å²) in [5.41, 5.74) is 8.41. The van der Waals surface area contributed by atoms with Gasteiger partial charge in [0, 0.05) is 39.1 Å². The molecule has 4 atom stereocenters. The summed E-state index contributed by atoms with van der Waals surface area (Å²) in [5.74, 6) is 1.58. The van der Waals surface area contributed by atoms with Gasteiger partial charge in [-0.1, -0.05) is 50.1 Å². The van der Waals surface area contributed by atoms with Crippen LogP contribution in [0.4, 0.5) is 0 Å². The van der Waals surface area contributed by atoms with Gasteiger partial charge < -0.3 is 16.0 Å². The lowest BCUT2D eigenvalue weighted by atomic mass is 9.81. The van der Waals surface area contributed by atoms with Crippen molar-refractivity contribution < 1.29 is 9.59 Å². The molecule has 2 fully saturated rings. The quantitative estimate of drug-likeness (QED) is 0.597. The van der Waals surface area contributed by atoms with Gasteiger partial charge in [-0.25, -0.2) is 0 Å². The van der Waals surface area contributed by atoms with Crippen LogP contribution < -0.4 is 11.1 Å². The summed E-state index contributed by atoms with van der Waals surface area (Å²) in [5, 5.41) is 3.19. The molecule has 0 bridgehead atoms. The largest absolute Gasteiger partial charge is 0.354 e. The number of hydrogen-bond acceptors (Lipinski definition) is 4. The Morgan fingerprint density at radius 2 is 1.85 bits per heavy atom. The maximum Gasteiger partial charge on any atom is 0.242 e. The first kappa shape index (κ1) is 25.7. The highest BCUT2D eigenvalue weighted by Gasteiger charge is 2.40. The van der Waals surface area contributed by atoms with Gasteiger partial charge in [0.05, 0.1) is 0 Å². The molecular weight excluding hydrogens is 412 g/mol. The third kappa shape index (κ3) is 7.28. The molecule has 1 aliphatic heterocycles. The Morgan fingerprint density at radius 3 is 2.48 bits per heavy atom. The second-order valence-corrected chi connectivity index (χ2v) is 10.8. The van der Waals surface area contributed by atoms with Gasteiger partial charge in [0.1, 0.15) is 6.04 Å². The third-order valence-corrected chi connectivity index (χ3v) is 7.40. The van der Waals surface area contributed by atoms with Crippen molar-refractivity contribution in [2.45, 2.75) is 78.4 Å². The van der Waals surface area contributed by atoms with Crippen LogP contribution in [-0.4, -0.2) is 59.9 Å². The molecule has 1 aliphatic carbocycles. The minimum atomic E-state index is -0.380. The highest BCUT2D eigenvalue weighted by molar-refractivity contribution is 5.87. The Hall–Kier alpha value is -1.92. The van der Waals surface area contributed by atoms with Crippen LogP contribution in [0.1, 0.15) is 64.0 Å². The van der Waals surface area contributed by atoms with E-state index in [9.17, 15) is 9.59 Å². The van der Waals surface area contributed by atoms with E-state index in [0.29, 0.717) is 37.3 Å². The first-order valence-electron chi connectivity index (χ1n) is 12.8. The summed E-state index contributed by atoms with van der Waals surface area (Å²) in [4.78, 5) is 29.9. The van der Waals surface area contributed by atoms with Crippen LogP contribution in [0, 0.1) is 24.7 Å². The molecule has 1 saturated carbocycles. The smallest absolute Gasteiger partial charge is 0.242 e. The van der Waals surface area contributed by atoms with E-state index in [1.807, 2.05) is 0 Å². The maximum absolute atomic E-state index is 13.2. The molecule has 3 N–H and O–H groups in total. The van der Waals surface area contributed by atoms with Crippen LogP contribution in [0.25, 0.3) is 0 Å². The zero-order valence-corrected chi connectivity index (χ0v) is 21.1. The van der Waals surface area contributed by atoms with E-state index in [2.05, 4.69) is 55.3 Å². The number of aryl methyl sites for hydroxylation is 1. The van der Waals surface area contributed by atoms with Crippen LogP contribution in [0.2, 0.25) is 0 Å². The molecule has 4 unspecified atom stereocenters. The van der Waals surface area contributed by atoms with Gasteiger partial charge >= 0.3 is 0 Å². The number of carbonyl (C=O) groups is 2. The zero-order valence-electron chi connectivity index (χ0n) is 21.1. The Bertz CT molecular complexity index is 779. The summed E-state index contributed by atoms with van der Waals surface area (Å²) in [6.07, 6.45) is 5.34. The fourth-order valence-electron chi connectivity index (χ4n) is 5.58. The van der Waals surface area contributed by atoms with Crippen molar-refractivity contribution in [1.82, 2.24) is 15.1 Å². The molecule has 3 rings (SSSR count). The Morgan fingerprint density at radius 1 is 1.15 bits per heavy atom. The number of benzene rings is 1. The molecule has 1 heterocycles. The van der Waals surface area contributed by atoms with Crippen LogP contribution in [-0.2, 0) is 16.1 Å². The molecule has 0 spiro atoms. The fourth-order valence-corrected chi connectivity index (χ4v) is 5.58. The number of rotatable bonds is 9. The molecule has 33 heavy (non-hydrogen) atoms. The lowest BCUT2D eigenvalue weighted by molar-refractivity contribution is -0.137. The molecule has 6 nitrogen and oxygen atoms in total. The van der Waals surface area contributed by atoms with E-state index in [4.69, 9.17) is 5.73 Å². The number of likely N-dealkylation sites (tertiary alicyclic amines) is 1. The molecule has 6 heteroatoms. The van der Waals surface area contributed by atoms with Gasteiger partial charge in [-0.3, -0.25) is 14.5 Å². The van der Waals surface area contributed by atoms with E-state index < -0.39 is 0 Å². The van der Waals surface area contributed by atoms with E-state index in [0.717, 1.165) is 32.5 Å². The minimum Gasteiger partial charge on any atom is -0.354 e. The van der Waals surface area contributed by atoms with Gasteiger partial charge in [-0.2, -0.15) is 0 Å². The molecule has 0 radical (unpaired) electrons. The SMILES string of the molecule is CC(=O)N1CC(N(Cc2ccc(C)cc2)CC(C)C)CC1C(=O)NCC1CCCC(CN)C1. The van der Waals surface area contributed by atoms with Crippen LogP contribution in [0.5, 0.6) is 0 Å². The Balaban J connectivity index is 1.65. The topological polar surface area (TPSA) is 78.7 Å². The number of nitrogens with two attached hydrogens (primary N) is 1. The zero-order chi connectivity index (χ0) is 24.0. The summed E-state index contributed by atoms with van der Waals surface area (Å²) >= 11 is 0. The summed E-state index contributed by atoms with van der Waals surface area (Å²) in [6.45, 7) is 12.0. The number of carbonyl (C=O) groups excluding carboxylic acids is 2. The first-order chi connectivity index (χ1) is 15.8. The van der Waals surface area contributed by atoms with Gasteiger partial charge in [-0.15, -0.1) is 0 Å². The number of amides is 2. The maximum atomic E-state index is 13.2. The number of nitrogens with zero attached hydrogens (tertiary/aromatic N) is 2. The van der Waals surface area contributed by atoms with Crippen LogP contribution >= 0.6 is 0 Å². The first-order valence-corrected chi connectivity index (χ1v) is 12.8. The average Bonchev–Trinajstić information content (AvgIpc) is 3.24. The van der Waals surface area contributed by atoms with Crippen molar-refractivity contribution in [3.8, 4) is 0 Å². The van der Waals surface area contributed by atoms with Gasteiger partial charge in [0.15, 0.2) is 0 Å². The molecule has 1 aromatic carbocycles. The molecule has 184 valence electrons. The molecule has 2 amide bonds. The number of nitrogens with one attached hydrogen (secondary N) is 1. The fraction of sp³-hybridized carbons (Fsp3) is 0.704. The van der Waals surface area contributed by atoms with Crippen LogP contribution in [0.15, 0.2) is 24.3 Å². The Kier molecular flexibility index (Phi) is 9.33. The standard InChI is InChI=1S/C27H44N4O2/c1-19(2)16-30(17-22-10-8-20(3)9-11-22)25-13-26(31(18-25)21(4)32)27(33)29-15-24-7-5-6-23(12-24)14-28/h8-11,19,23-26H,5-7,12-18,28H2,1-4H3,(H,29,33). The normalized spacial score (nSPS) is 25.6. The van der Waals surface area contributed by atoms with Crippen molar-refractivity contribution in [2.24, 2.45) is 23.5 Å². The van der Waals surface area contributed by atoms with E-state index in [1.54, 1.807) is 11.8 Å². The summed E-state index contributed by atoms with van der Waals surface area (Å²) in [6, 6.07) is 8.47. The predicted molar refractivity (Wildman–Crippen MR) is 134 cm³/mol. The second kappa shape index (κ2) is 12.0. The lowest BCUT2D eigenvalue weighted by Gasteiger charge is -2.30. The molecule has 1 saturated heterocycles. The highest BCUT2D eigenvalue weighted by atomic mass is 16.2. The van der Waals surface area contributed by atoms with Crippen LogP contribution in [0.3, 0.4) is 0 Å². The molecule has 0 aromatic heterocycles. The van der Waals surface area contributed by atoms with Crippen molar-refractivity contribution in [3.05, 3.63) is 35.4 Å². The van der Waals surface area contributed by atoms with Crippen molar-refractivity contribution in [2.75, 3.05) is 26.2 Å². The van der Waals surface area contributed by atoms with Crippen molar-refractivity contribution in [1.29, 1.82) is 0 Å². The van der Waals surface area contributed by atoms with Gasteiger partial charge in [0.2, 0.25) is 11.8 Å². The van der Waals surface area contributed by atoms with Crippen molar-refractivity contribution in [3.63, 3.8) is 0 Å². The van der Waals surface area contributed by atoms with Gasteiger partial charge in [0.25, 0.3) is 0 Å². The monoisotopic (exact) mass is 456 g/mol.